The van der Waals surface area contributed by atoms with Gasteiger partial charge in [0.25, 0.3) is 5.91 Å². The second-order valence-electron chi connectivity index (χ2n) is 5.10. The van der Waals surface area contributed by atoms with E-state index >= 15 is 0 Å². The minimum atomic E-state index is -1.01. The van der Waals surface area contributed by atoms with Crippen LogP contribution in [0.25, 0.3) is 11.1 Å². The summed E-state index contributed by atoms with van der Waals surface area (Å²) in [7, 11) is 0. The highest BCUT2D eigenvalue weighted by Crippen LogP contribution is 2.25. The predicted molar refractivity (Wildman–Crippen MR) is 91.0 cm³/mol. The molecule has 5 heteroatoms. The zero-order chi connectivity index (χ0) is 16.9. The molecule has 0 bridgehead atoms. The lowest BCUT2D eigenvalue weighted by atomic mass is 9.98. The number of pyridine rings is 1. The third kappa shape index (κ3) is 3.30. The Balaban J connectivity index is 1.93. The first-order chi connectivity index (χ1) is 11.6. The number of nitrogens with zero attached hydrogens (tertiary/aromatic N) is 1. The number of carbonyl (C=O) groups excluding carboxylic acids is 1. The van der Waals surface area contributed by atoms with Crippen molar-refractivity contribution in [2.75, 3.05) is 5.32 Å². The molecule has 1 heterocycles. The van der Waals surface area contributed by atoms with Gasteiger partial charge in [0, 0.05) is 11.8 Å². The molecule has 1 amide bonds. The summed E-state index contributed by atoms with van der Waals surface area (Å²) in [4.78, 5) is 27.8. The zero-order valence-electron chi connectivity index (χ0n) is 12.6. The number of carbonyl (C=O) groups is 2. The summed E-state index contributed by atoms with van der Waals surface area (Å²) in [5.41, 5.74) is 1.86. The van der Waals surface area contributed by atoms with Crippen LogP contribution in [0.2, 0.25) is 0 Å². The maximum absolute atomic E-state index is 12.3. The Morgan fingerprint density at radius 1 is 0.917 bits per heavy atom. The highest BCUT2D eigenvalue weighted by atomic mass is 16.4. The van der Waals surface area contributed by atoms with Crippen LogP contribution in [0.3, 0.4) is 0 Å². The number of carboxylic acids is 1. The summed E-state index contributed by atoms with van der Waals surface area (Å²) < 4.78 is 0. The summed E-state index contributed by atoms with van der Waals surface area (Å²) in [5, 5.41) is 12.0. The smallest absolute Gasteiger partial charge is 0.336 e. The van der Waals surface area contributed by atoms with E-state index in [-0.39, 0.29) is 11.5 Å². The van der Waals surface area contributed by atoms with Gasteiger partial charge in [-0.1, -0.05) is 36.4 Å². The fourth-order valence-electron chi connectivity index (χ4n) is 2.37. The highest BCUT2D eigenvalue weighted by molar-refractivity contribution is 6.05. The Labute approximate surface area is 138 Å². The van der Waals surface area contributed by atoms with E-state index in [9.17, 15) is 14.7 Å². The number of aromatic carboxylic acids is 1. The largest absolute Gasteiger partial charge is 0.478 e. The first-order valence-electron chi connectivity index (χ1n) is 7.30. The molecule has 1 aromatic heterocycles. The topological polar surface area (TPSA) is 79.3 Å². The molecule has 0 saturated carbocycles. The van der Waals surface area contributed by atoms with Gasteiger partial charge < -0.3 is 10.4 Å². The second kappa shape index (κ2) is 6.75. The molecular formula is C19H14N2O3. The molecule has 3 rings (SSSR count). The molecule has 2 N–H and O–H groups in total. The molecule has 0 unspecified atom stereocenters. The van der Waals surface area contributed by atoms with Crippen molar-refractivity contribution >= 4 is 17.7 Å². The van der Waals surface area contributed by atoms with E-state index in [1.165, 1.54) is 6.07 Å². The van der Waals surface area contributed by atoms with Gasteiger partial charge in [-0.05, 0) is 41.5 Å². The fourth-order valence-corrected chi connectivity index (χ4v) is 2.37. The minimum absolute atomic E-state index is 0.194. The van der Waals surface area contributed by atoms with E-state index in [2.05, 4.69) is 10.3 Å². The Hall–Kier alpha value is -3.47. The van der Waals surface area contributed by atoms with E-state index in [0.717, 1.165) is 0 Å². The first kappa shape index (κ1) is 15.4. The predicted octanol–water partition coefficient (Wildman–Crippen LogP) is 3.70. The van der Waals surface area contributed by atoms with E-state index in [0.29, 0.717) is 22.5 Å². The molecule has 3 aromatic rings. The van der Waals surface area contributed by atoms with E-state index < -0.39 is 5.97 Å². The third-order valence-corrected chi connectivity index (χ3v) is 3.50. The van der Waals surface area contributed by atoms with Gasteiger partial charge in [-0.15, -0.1) is 0 Å². The standard InChI is InChI=1S/C19H14N2O3/c22-18(21-17-10-3-4-11-20-17)14-7-5-6-13(12-14)15-8-1-2-9-16(15)19(23)24/h1-12H,(H,23,24)(H,20,21,22). The molecule has 0 aliphatic rings. The van der Waals surface area contributed by atoms with Gasteiger partial charge in [0.2, 0.25) is 0 Å². The van der Waals surface area contributed by atoms with Crippen LogP contribution in [0.5, 0.6) is 0 Å². The number of hydrogen-bond acceptors (Lipinski definition) is 3. The van der Waals surface area contributed by atoms with Crippen LogP contribution in [0.4, 0.5) is 5.82 Å². The van der Waals surface area contributed by atoms with Crippen LogP contribution in [0.1, 0.15) is 20.7 Å². The van der Waals surface area contributed by atoms with E-state index in [1.807, 2.05) is 0 Å². The van der Waals surface area contributed by atoms with Crippen LogP contribution in [0.15, 0.2) is 72.9 Å². The second-order valence-corrected chi connectivity index (χ2v) is 5.10. The van der Waals surface area contributed by atoms with Crippen molar-refractivity contribution in [2.45, 2.75) is 0 Å². The van der Waals surface area contributed by atoms with Gasteiger partial charge in [0.1, 0.15) is 5.82 Å². The van der Waals surface area contributed by atoms with Crippen molar-refractivity contribution in [2.24, 2.45) is 0 Å². The van der Waals surface area contributed by atoms with Gasteiger partial charge in [0.05, 0.1) is 5.56 Å². The molecule has 0 saturated heterocycles. The minimum Gasteiger partial charge on any atom is -0.478 e. The van der Waals surface area contributed by atoms with Crippen molar-refractivity contribution < 1.29 is 14.7 Å². The molecular weight excluding hydrogens is 304 g/mol. The molecule has 0 spiro atoms. The van der Waals surface area contributed by atoms with Crippen LogP contribution in [-0.2, 0) is 0 Å². The molecule has 24 heavy (non-hydrogen) atoms. The Bertz CT molecular complexity index is 892. The summed E-state index contributed by atoms with van der Waals surface area (Å²) in [6.07, 6.45) is 1.59. The Morgan fingerprint density at radius 2 is 1.71 bits per heavy atom. The molecule has 118 valence electrons. The van der Waals surface area contributed by atoms with Gasteiger partial charge >= 0.3 is 5.97 Å². The van der Waals surface area contributed by atoms with Gasteiger partial charge in [-0.2, -0.15) is 0 Å². The molecule has 2 aromatic carbocycles. The lowest BCUT2D eigenvalue weighted by Gasteiger charge is -2.09. The lowest BCUT2D eigenvalue weighted by molar-refractivity contribution is 0.0697. The van der Waals surface area contributed by atoms with Gasteiger partial charge in [-0.25, -0.2) is 9.78 Å². The zero-order valence-corrected chi connectivity index (χ0v) is 12.6. The van der Waals surface area contributed by atoms with Crippen molar-refractivity contribution in [1.29, 1.82) is 0 Å². The lowest BCUT2D eigenvalue weighted by Crippen LogP contribution is -2.12. The maximum atomic E-state index is 12.3. The number of anilines is 1. The Kier molecular flexibility index (Phi) is 4.34. The number of rotatable bonds is 4. The Morgan fingerprint density at radius 3 is 2.46 bits per heavy atom. The highest BCUT2D eigenvalue weighted by Gasteiger charge is 2.13. The molecule has 5 nitrogen and oxygen atoms in total. The van der Waals surface area contributed by atoms with Crippen molar-refractivity contribution in [1.82, 2.24) is 4.98 Å². The van der Waals surface area contributed by atoms with Crippen molar-refractivity contribution in [3.63, 3.8) is 0 Å². The number of amides is 1. The van der Waals surface area contributed by atoms with Crippen LogP contribution in [-0.4, -0.2) is 22.0 Å². The van der Waals surface area contributed by atoms with Crippen LogP contribution < -0.4 is 5.32 Å². The van der Waals surface area contributed by atoms with E-state index in [4.69, 9.17) is 0 Å². The molecule has 0 radical (unpaired) electrons. The van der Waals surface area contributed by atoms with E-state index in [1.54, 1.807) is 66.9 Å². The molecule has 0 aliphatic heterocycles. The monoisotopic (exact) mass is 318 g/mol. The normalized spacial score (nSPS) is 10.2. The third-order valence-electron chi connectivity index (χ3n) is 3.50. The number of aromatic nitrogens is 1. The number of nitrogens with one attached hydrogen (secondary N) is 1. The number of carboxylic acid groups (broad SMARTS) is 1. The number of benzene rings is 2. The number of hydrogen-bond donors (Lipinski definition) is 2. The maximum Gasteiger partial charge on any atom is 0.336 e. The average molecular weight is 318 g/mol. The summed E-state index contributed by atoms with van der Waals surface area (Å²) in [5.74, 6) is -0.851. The van der Waals surface area contributed by atoms with Crippen molar-refractivity contribution in [3.8, 4) is 11.1 Å². The summed E-state index contributed by atoms with van der Waals surface area (Å²) in [6.45, 7) is 0. The van der Waals surface area contributed by atoms with Gasteiger partial charge in [-0.3, -0.25) is 4.79 Å². The van der Waals surface area contributed by atoms with Crippen molar-refractivity contribution in [3.05, 3.63) is 84.1 Å². The SMILES string of the molecule is O=C(Nc1ccccn1)c1cccc(-c2ccccc2C(=O)O)c1. The average Bonchev–Trinajstić information content (AvgIpc) is 2.62. The molecule has 0 fully saturated rings. The molecule has 0 aliphatic carbocycles. The fraction of sp³-hybridized carbons (Fsp3) is 0. The summed E-state index contributed by atoms with van der Waals surface area (Å²) in [6, 6.07) is 18.8. The quantitative estimate of drug-likeness (QED) is 0.769. The first-order valence-corrected chi connectivity index (χ1v) is 7.30. The summed E-state index contributed by atoms with van der Waals surface area (Å²) >= 11 is 0. The van der Waals surface area contributed by atoms with Gasteiger partial charge in [0.15, 0.2) is 0 Å². The van der Waals surface area contributed by atoms with Crippen LogP contribution in [0, 0.1) is 0 Å². The van der Waals surface area contributed by atoms with Crippen LogP contribution >= 0.6 is 0 Å². The molecule has 0 atom stereocenters.